The Kier molecular flexibility index (Phi) is 4.89. The first kappa shape index (κ1) is 17.0. The highest BCUT2D eigenvalue weighted by atomic mass is 15.2. The van der Waals surface area contributed by atoms with Crippen molar-refractivity contribution in [1.82, 2.24) is 9.88 Å². The number of aromatic nitrogens is 1. The Morgan fingerprint density at radius 3 is 2.62 bits per heavy atom. The van der Waals surface area contributed by atoms with Crippen LogP contribution in [0.4, 0.5) is 5.69 Å². The number of pyridine rings is 1. The van der Waals surface area contributed by atoms with Gasteiger partial charge in [0.2, 0.25) is 0 Å². The molecule has 0 spiro atoms. The number of hydrogen-bond donors (Lipinski definition) is 1. The van der Waals surface area contributed by atoms with Crippen molar-refractivity contribution in [2.45, 2.75) is 38.3 Å². The Hall–Kier alpha value is -2.39. The van der Waals surface area contributed by atoms with E-state index in [1.165, 1.54) is 42.4 Å². The van der Waals surface area contributed by atoms with Gasteiger partial charge in [-0.25, -0.2) is 0 Å². The summed E-state index contributed by atoms with van der Waals surface area (Å²) >= 11 is 0. The van der Waals surface area contributed by atoms with Gasteiger partial charge in [0.25, 0.3) is 0 Å². The fourth-order valence-electron chi connectivity index (χ4n) is 4.18. The number of likely N-dealkylation sites (tertiary alicyclic amines) is 1. The van der Waals surface area contributed by atoms with Crippen LogP contribution >= 0.6 is 0 Å². The molecular formula is C23H27N3. The molecule has 1 aliphatic heterocycles. The summed E-state index contributed by atoms with van der Waals surface area (Å²) in [6.07, 6.45) is 3.83. The zero-order chi connectivity index (χ0) is 17.9. The number of rotatable bonds is 4. The Morgan fingerprint density at radius 1 is 1.04 bits per heavy atom. The summed E-state index contributed by atoms with van der Waals surface area (Å²) < 4.78 is 0. The monoisotopic (exact) mass is 345 g/mol. The maximum atomic E-state index is 4.69. The number of nitrogens with one attached hydrogen (secondary N) is 1. The molecule has 1 aliphatic rings. The number of anilines is 1. The Morgan fingerprint density at radius 2 is 1.81 bits per heavy atom. The molecule has 3 heteroatoms. The number of hydrogen-bond acceptors (Lipinski definition) is 3. The molecule has 1 saturated heterocycles. The lowest BCUT2D eigenvalue weighted by Gasteiger charge is -2.39. The molecule has 26 heavy (non-hydrogen) atoms. The minimum Gasteiger partial charge on any atom is -0.376 e. The molecule has 0 radical (unpaired) electrons. The number of likely N-dealkylation sites (N-methyl/N-ethyl adjacent to an activating group) is 1. The lowest BCUT2D eigenvalue weighted by atomic mass is 9.91. The minimum absolute atomic E-state index is 0.270. The van der Waals surface area contributed by atoms with Gasteiger partial charge in [-0.1, -0.05) is 55.0 Å². The molecule has 1 N–H and O–H groups in total. The fourth-order valence-corrected chi connectivity index (χ4v) is 4.18. The third kappa shape index (κ3) is 3.45. The van der Waals surface area contributed by atoms with Crippen LogP contribution in [-0.2, 0) is 0 Å². The summed E-state index contributed by atoms with van der Waals surface area (Å²) in [7, 11) is 2.26. The largest absolute Gasteiger partial charge is 0.376 e. The van der Waals surface area contributed by atoms with Crippen LogP contribution in [0.1, 0.15) is 36.6 Å². The maximum absolute atomic E-state index is 4.69. The number of piperidine rings is 1. The van der Waals surface area contributed by atoms with Crippen molar-refractivity contribution in [2.75, 3.05) is 18.9 Å². The number of nitrogens with zero attached hydrogens (tertiary/aromatic N) is 2. The molecule has 0 aliphatic carbocycles. The summed E-state index contributed by atoms with van der Waals surface area (Å²) in [5, 5.41) is 5.09. The van der Waals surface area contributed by atoms with Gasteiger partial charge in [-0.3, -0.25) is 4.98 Å². The summed E-state index contributed by atoms with van der Waals surface area (Å²) in [5.41, 5.74) is 4.64. The van der Waals surface area contributed by atoms with E-state index in [0.717, 1.165) is 11.2 Å². The molecule has 1 aromatic heterocycles. The predicted molar refractivity (Wildman–Crippen MR) is 110 cm³/mol. The van der Waals surface area contributed by atoms with Gasteiger partial charge in [0.15, 0.2) is 0 Å². The van der Waals surface area contributed by atoms with Gasteiger partial charge < -0.3 is 10.2 Å². The molecule has 2 aromatic carbocycles. The molecule has 0 amide bonds. The molecule has 1 fully saturated rings. The third-order valence-electron chi connectivity index (χ3n) is 5.53. The second kappa shape index (κ2) is 7.46. The van der Waals surface area contributed by atoms with E-state index in [2.05, 4.69) is 84.9 Å². The van der Waals surface area contributed by atoms with Crippen LogP contribution in [0.2, 0.25) is 0 Å². The Balaban J connectivity index is 1.76. The Labute approximate surface area is 156 Å². The van der Waals surface area contributed by atoms with Crippen LogP contribution in [0.15, 0.2) is 60.7 Å². The van der Waals surface area contributed by atoms with Crippen LogP contribution in [0.25, 0.3) is 10.9 Å². The first-order valence-electron chi connectivity index (χ1n) is 9.60. The van der Waals surface area contributed by atoms with Gasteiger partial charge in [-0.2, -0.15) is 0 Å². The molecular weight excluding hydrogens is 318 g/mol. The van der Waals surface area contributed by atoms with E-state index in [1.807, 2.05) is 0 Å². The van der Waals surface area contributed by atoms with Crippen LogP contribution < -0.4 is 5.32 Å². The first-order chi connectivity index (χ1) is 12.7. The minimum atomic E-state index is 0.270. The molecule has 134 valence electrons. The zero-order valence-electron chi connectivity index (χ0n) is 15.7. The number of para-hydroxylation sites is 1. The SMILES string of the molecule is Cc1cc(NC(c2ccccc2)C2CCCCN2C)c2ccccc2n1. The highest BCUT2D eigenvalue weighted by molar-refractivity contribution is 5.91. The quantitative estimate of drug-likeness (QED) is 0.706. The molecule has 2 atom stereocenters. The molecule has 2 heterocycles. The summed E-state index contributed by atoms with van der Waals surface area (Å²) in [4.78, 5) is 7.21. The standard InChI is InChI=1S/C23H27N3/c1-17-16-21(19-12-6-7-13-20(19)24-17)25-23(18-10-4-3-5-11-18)22-14-8-9-15-26(22)2/h3-7,10-13,16,22-23H,8-9,14-15H2,1-2H3,(H,24,25). The topological polar surface area (TPSA) is 28.2 Å². The molecule has 2 unspecified atom stereocenters. The smallest absolute Gasteiger partial charge is 0.0725 e. The summed E-state index contributed by atoms with van der Waals surface area (Å²) in [6.45, 7) is 3.24. The fraction of sp³-hybridized carbons (Fsp3) is 0.348. The molecule has 0 saturated carbocycles. The van der Waals surface area contributed by atoms with E-state index in [9.17, 15) is 0 Å². The molecule has 4 rings (SSSR count). The van der Waals surface area contributed by atoms with Crippen LogP contribution in [0.5, 0.6) is 0 Å². The summed E-state index contributed by atoms with van der Waals surface area (Å²) in [5.74, 6) is 0. The number of aryl methyl sites for hydroxylation is 1. The predicted octanol–water partition coefficient (Wildman–Crippen LogP) is 5.18. The molecule has 3 nitrogen and oxygen atoms in total. The normalized spacial score (nSPS) is 19.4. The first-order valence-corrected chi connectivity index (χ1v) is 9.60. The lowest BCUT2D eigenvalue weighted by molar-refractivity contribution is 0.166. The summed E-state index contributed by atoms with van der Waals surface area (Å²) in [6, 6.07) is 22.2. The van der Waals surface area contributed by atoms with E-state index in [4.69, 9.17) is 4.98 Å². The second-order valence-electron chi connectivity index (χ2n) is 7.40. The number of fused-ring (bicyclic) bond motifs is 1. The van der Waals surface area contributed by atoms with E-state index in [-0.39, 0.29) is 6.04 Å². The van der Waals surface area contributed by atoms with E-state index >= 15 is 0 Å². The van der Waals surface area contributed by atoms with Crippen LogP contribution in [0.3, 0.4) is 0 Å². The van der Waals surface area contributed by atoms with Gasteiger partial charge >= 0.3 is 0 Å². The highest BCUT2D eigenvalue weighted by Gasteiger charge is 2.29. The highest BCUT2D eigenvalue weighted by Crippen LogP contribution is 2.33. The molecule has 0 bridgehead atoms. The Bertz CT molecular complexity index is 875. The van der Waals surface area contributed by atoms with Crippen molar-refractivity contribution in [3.63, 3.8) is 0 Å². The maximum Gasteiger partial charge on any atom is 0.0725 e. The van der Waals surface area contributed by atoms with Gasteiger partial charge in [-0.05, 0) is 51.1 Å². The zero-order valence-corrected chi connectivity index (χ0v) is 15.7. The van der Waals surface area contributed by atoms with Gasteiger partial charge in [-0.15, -0.1) is 0 Å². The van der Waals surface area contributed by atoms with E-state index in [0.29, 0.717) is 6.04 Å². The van der Waals surface area contributed by atoms with Gasteiger partial charge in [0.1, 0.15) is 0 Å². The van der Waals surface area contributed by atoms with Crippen LogP contribution in [0, 0.1) is 6.92 Å². The van der Waals surface area contributed by atoms with Crippen molar-refractivity contribution < 1.29 is 0 Å². The molecule has 3 aromatic rings. The second-order valence-corrected chi connectivity index (χ2v) is 7.40. The van der Waals surface area contributed by atoms with E-state index < -0.39 is 0 Å². The van der Waals surface area contributed by atoms with Gasteiger partial charge in [0, 0.05) is 22.8 Å². The van der Waals surface area contributed by atoms with Gasteiger partial charge in [0.05, 0.1) is 11.6 Å². The van der Waals surface area contributed by atoms with Crippen molar-refractivity contribution >= 4 is 16.6 Å². The average Bonchev–Trinajstić information content (AvgIpc) is 2.67. The average molecular weight is 345 g/mol. The van der Waals surface area contributed by atoms with E-state index in [1.54, 1.807) is 0 Å². The van der Waals surface area contributed by atoms with Crippen molar-refractivity contribution in [1.29, 1.82) is 0 Å². The third-order valence-corrected chi connectivity index (χ3v) is 5.53. The van der Waals surface area contributed by atoms with Crippen LogP contribution in [-0.4, -0.2) is 29.5 Å². The number of benzene rings is 2. The lowest BCUT2D eigenvalue weighted by Crippen LogP contribution is -2.43. The van der Waals surface area contributed by atoms with Crippen molar-refractivity contribution in [3.8, 4) is 0 Å². The van der Waals surface area contributed by atoms with Crippen molar-refractivity contribution in [3.05, 3.63) is 71.9 Å². The van der Waals surface area contributed by atoms with Crippen molar-refractivity contribution in [2.24, 2.45) is 0 Å².